The Labute approximate surface area is 126 Å². The lowest BCUT2D eigenvalue weighted by atomic mass is 10.1. The second-order valence-corrected chi connectivity index (χ2v) is 5.41. The summed E-state index contributed by atoms with van der Waals surface area (Å²) in [4.78, 5) is 2.08. The van der Waals surface area contributed by atoms with Crippen molar-refractivity contribution in [3.63, 3.8) is 0 Å². The van der Waals surface area contributed by atoms with Crippen LogP contribution in [-0.4, -0.2) is 18.7 Å². The lowest BCUT2D eigenvalue weighted by Gasteiger charge is -2.21. The molecule has 0 amide bonds. The molecule has 1 aromatic carbocycles. The third-order valence-electron chi connectivity index (χ3n) is 3.62. The molecule has 1 unspecified atom stereocenters. The van der Waals surface area contributed by atoms with Crippen molar-refractivity contribution in [3.05, 3.63) is 47.9 Å². The van der Waals surface area contributed by atoms with Gasteiger partial charge in [0, 0.05) is 42.5 Å². The van der Waals surface area contributed by atoms with E-state index in [-0.39, 0.29) is 6.04 Å². The summed E-state index contributed by atoms with van der Waals surface area (Å²) in [5.74, 6) is 0.336. The van der Waals surface area contributed by atoms with E-state index in [9.17, 15) is 5.11 Å². The topological polar surface area (TPSA) is 48.6 Å². The Morgan fingerprint density at radius 1 is 1.33 bits per heavy atom. The molecule has 1 atom stereocenters. The first kappa shape index (κ1) is 15.4. The lowest BCUT2D eigenvalue weighted by Crippen LogP contribution is -2.20. The van der Waals surface area contributed by atoms with Crippen LogP contribution in [0.1, 0.15) is 37.4 Å². The molecule has 2 rings (SSSR count). The number of benzene rings is 1. The number of rotatable bonds is 7. The maximum Gasteiger partial charge on any atom is 0.122 e. The van der Waals surface area contributed by atoms with Gasteiger partial charge in [-0.3, -0.25) is 0 Å². The van der Waals surface area contributed by atoms with E-state index in [4.69, 9.17) is 4.42 Å². The van der Waals surface area contributed by atoms with Gasteiger partial charge < -0.3 is 19.7 Å². The van der Waals surface area contributed by atoms with E-state index in [1.54, 1.807) is 12.5 Å². The SMILES string of the molecule is CCCNC(C)c1ccc(N(C)Cc2ccoc2)cc1O. The predicted octanol–water partition coefficient (Wildman–Crippen LogP) is 3.68. The van der Waals surface area contributed by atoms with Gasteiger partial charge in [-0.05, 0) is 32.0 Å². The van der Waals surface area contributed by atoms with Crippen LogP contribution in [-0.2, 0) is 6.54 Å². The molecule has 21 heavy (non-hydrogen) atoms. The Balaban J connectivity index is 2.07. The molecule has 0 radical (unpaired) electrons. The van der Waals surface area contributed by atoms with Crippen molar-refractivity contribution in [3.8, 4) is 5.75 Å². The number of furan rings is 1. The second kappa shape index (κ2) is 7.18. The zero-order chi connectivity index (χ0) is 15.2. The highest BCUT2D eigenvalue weighted by Crippen LogP contribution is 2.29. The molecule has 0 spiro atoms. The molecule has 4 nitrogen and oxygen atoms in total. The van der Waals surface area contributed by atoms with Crippen molar-refractivity contribution in [2.24, 2.45) is 0 Å². The number of hydrogen-bond donors (Lipinski definition) is 2. The zero-order valence-electron chi connectivity index (χ0n) is 13.0. The number of phenols is 1. The van der Waals surface area contributed by atoms with Crippen LogP contribution in [0.25, 0.3) is 0 Å². The largest absolute Gasteiger partial charge is 0.508 e. The first-order valence-electron chi connectivity index (χ1n) is 7.40. The fraction of sp³-hybridized carbons (Fsp3) is 0.412. The summed E-state index contributed by atoms with van der Waals surface area (Å²) < 4.78 is 5.08. The van der Waals surface area contributed by atoms with Gasteiger partial charge >= 0.3 is 0 Å². The number of aromatic hydroxyl groups is 1. The Kier molecular flexibility index (Phi) is 5.28. The van der Waals surface area contributed by atoms with Gasteiger partial charge in [-0.15, -0.1) is 0 Å². The average Bonchev–Trinajstić information content (AvgIpc) is 2.97. The second-order valence-electron chi connectivity index (χ2n) is 5.41. The van der Waals surface area contributed by atoms with Gasteiger partial charge in [0.15, 0.2) is 0 Å². The quantitative estimate of drug-likeness (QED) is 0.816. The van der Waals surface area contributed by atoms with Crippen LogP contribution in [0.5, 0.6) is 5.75 Å². The van der Waals surface area contributed by atoms with Crippen molar-refractivity contribution in [1.29, 1.82) is 0 Å². The third-order valence-corrected chi connectivity index (χ3v) is 3.62. The molecule has 114 valence electrons. The minimum atomic E-state index is 0.151. The van der Waals surface area contributed by atoms with Gasteiger partial charge in [-0.2, -0.15) is 0 Å². The summed E-state index contributed by atoms with van der Waals surface area (Å²) >= 11 is 0. The lowest BCUT2D eigenvalue weighted by molar-refractivity contribution is 0.452. The van der Waals surface area contributed by atoms with Gasteiger partial charge in [0.05, 0.1) is 12.5 Å². The summed E-state index contributed by atoms with van der Waals surface area (Å²) in [5.41, 5.74) is 3.03. The predicted molar refractivity (Wildman–Crippen MR) is 85.6 cm³/mol. The van der Waals surface area contributed by atoms with Gasteiger partial charge in [0.1, 0.15) is 5.75 Å². The van der Waals surface area contributed by atoms with E-state index >= 15 is 0 Å². The van der Waals surface area contributed by atoms with Crippen molar-refractivity contribution < 1.29 is 9.52 Å². The van der Waals surface area contributed by atoms with Crippen molar-refractivity contribution in [2.75, 3.05) is 18.5 Å². The van der Waals surface area contributed by atoms with Gasteiger partial charge in [0.2, 0.25) is 0 Å². The molecular formula is C17H24N2O2. The summed E-state index contributed by atoms with van der Waals surface area (Å²) in [6, 6.07) is 7.95. The standard InChI is InChI=1S/C17H24N2O2/c1-4-8-18-13(2)16-6-5-15(10-17(16)20)19(3)11-14-7-9-21-12-14/h5-7,9-10,12-13,18,20H,4,8,11H2,1-3H3. The third kappa shape index (κ3) is 4.02. The maximum absolute atomic E-state index is 10.3. The van der Waals surface area contributed by atoms with Crippen molar-refractivity contribution in [2.45, 2.75) is 32.9 Å². The van der Waals surface area contributed by atoms with Crippen LogP contribution in [0, 0.1) is 0 Å². The monoisotopic (exact) mass is 288 g/mol. The molecule has 0 aliphatic heterocycles. The molecule has 0 saturated heterocycles. The minimum absolute atomic E-state index is 0.151. The van der Waals surface area contributed by atoms with Gasteiger partial charge in [-0.1, -0.05) is 13.0 Å². The molecule has 0 aliphatic carbocycles. The highest BCUT2D eigenvalue weighted by molar-refractivity contribution is 5.53. The Bertz CT molecular complexity index is 552. The van der Waals surface area contributed by atoms with E-state index < -0.39 is 0 Å². The van der Waals surface area contributed by atoms with Crippen LogP contribution >= 0.6 is 0 Å². The molecule has 0 saturated carbocycles. The van der Waals surface area contributed by atoms with E-state index in [2.05, 4.69) is 24.1 Å². The molecule has 0 bridgehead atoms. The van der Waals surface area contributed by atoms with Crippen LogP contribution in [0.2, 0.25) is 0 Å². The molecule has 2 aromatic rings. The zero-order valence-corrected chi connectivity index (χ0v) is 13.0. The summed E-state index contributed by atoms with van der Waals surface area (Å²) in [6.07, 6.45) is 4.49. The van der Waals surface area contributed by atoms with E-state index in [0.717, 1.165) is 36.3 Å². The Hall–Kier alpha value is -1.94. The van der Waals surface area contributed by atoms with Crippen LogP contribution < -0.4 is 10.2 Å². The minimum Gasteiger partial charge on any atom is -0.508 e. The Morgan fingerprint density at radius 3 is 2.76 bits per heavy atom. The first-order chi connectivity index (χ1) is 10.1. The summed E-state index contributed by atoms with van der Waals surface area (Å²) in [6.45, 7) is 5.90. The number of anilines is 1. The first-order valence-corrected chi connectivity index (χ1v) is 7.40. The van der Waals surface area contributed by atoms with Crippen LogP contribution in [0.4, 0.5) is 5.69 Å². The van der Waals surface area contributed by atoms with Crippen molar-refractivity contribution in [1.82, 2.24) is 5.32 Å². The molecule has 1 aromatic heterocycles. The summed E-state index contributed by atoms with van der Waals surface area (Å²) in [7, 11) is 2.00. The molecule has 4 heteroatoms. The molecule has 1 heterocycles. The normalized spacial score (nSPS) is 12.3. The van der Waals surface area contributed by atoms with Gasteiger partial charge in [0.25, 0.3) is 0 Å². The van der Waals surface area contributed by atoms with Gasteiger partial charge in [-0.25, -0.2) is 0 Å². The van der Waals surface area contributed by atoms with E-state index in [1.807, 2.05) is 31.3 Å². The fourth-order valence-corrected chi connectivity index (χ4v) is 2.35. The fourth-order valence-electron chi connectivity index (χ4n) is 2.35. The van der Waals surface area contributed by atoms with E-state index in [1.165, 1.54) is 0 Å². The van der Waals surface area contributed by atoms with Crippen molar-refractivity contribution >= 4 is 5.69 Å². The maximum atomic E-state index is 10.3. The highest BCUT2D eigenvalue weighted by Gasteiger charge is 2.12. The van der Waals surface area contributed by atoms with Crippen LogP contribution in [0.15, 0.2) is 41.2 Å². The molecular weight excluding hydrogens is 264 g/mol. The number of hydrogen-bond acceptors (Lipinski definition) is 4. The van der Waals surface area contributed by atoms with E-state index in [0.29, 0.717) is 5.75 Å². The smallest absolute Gasteiger partial charge is 0.122 e. The summed E-state index contributed by atoms with van der Waals surface area (Å²) in [5, 5.41) is 13.6. The average molecular weight is 288 g/mol. The Morgan fingerprint density at radius 2 is 2.14 bits per heavy atom. The number of phenolic OH excluding ortho intramolecular Hbond substituents is 1. The molecule has 0 fully saturated rings. The number of nitrogens with zero attached hydrogens (tertiary/aromatic N) is 1. The highest BCUT2D eigenvalue weighted by atomic mass is 16.3. The van der Waals surface area contributed by atoms with Crippen LogP contribution in [0.3, 0.4) is 0 Å². The molecule has 2 N–H and O–H groups in total. The molecule has 0 aliphatic rings. The number of nitrogens with one attached hydrogen (secondary N) is 1.